The molecule has 0 fully saturated rings. The zero-order valence-electron chi connectivity index (χ0n) is 22.7. The molecule has 0 aliphatic rings. The molecular weight excluding hydrogens is 582 g/mol. The molecular formula is C34H19ClF2N6O. The van der Waals surface area contributed by atoms with Crippen LogP contribution in [0.3, 0.4) is 0 Å². The number of nitrogens with zero attached hydrogens (tertiary/aromatic N) is 5. The van der Waals surface area contributed by atoms with Crippen LogP contribution in [0.5, 0.6) is 0 Å². The van der Waals surface area contributed by atoms with E-state index in [-0.39, 0.29) is 22.4 Å². The Morgan fingerprint density at radius 2 is 1.11 bits per heavy atom. The van der Waals surface area contributed by atoms with Crippen molar-refractivity contribution in [2.24, 2.45) is 0 Å². The van der Waals surface area contributed by atoms with Gasteiger partial charge in [-0.1, -0.05) is 11.6 Å². The van der Waals surface area contributed by atoms with Gasteiger partial charge in [0, 0.05) is 41.5 Å². The normalized spacial score (nSPS) is 10.2. The Hall–Kier alpha value is -6.03. The van der Waals surface area contributed by atoms with Gasteiger partial charge in [-0.3, -0.25) is 14.8 Å². The van der Waals surface area contributed by atoms with Gasteiger partial charge in [0.2, 0.25) is 0 Å². The van der Waals surface area contributed by atoms with Crippen LogP contribution in [0.15, 0.2) is 115 Å². The van der Waals surface area contributed by atoms with Crippen molar-refractivity contribution in [1.29, 1.82) is 10.5 Å². The minimum Gasteiger partial charge on any atom is -0.320 e. The van der Waals surface area contributed by atoms with E-state index < -0.39 is 5.56 Å². The molecule has 0 aliphatic heterocycles. The first-order valence-corrected chi connectivity index (χ1v) is 13.4. The lowest BCUT2D eigenvalue weighted by Crippen LogP contribution is -2.12. The monoisotopic (exact) mass is 600 g/mol. The van der Waals surface area contributed by atoms with Gasteiger partial charge in [-0.25, -0.2) is 13.8 Å². The maximum absolute atomic E-state index is 13.1. The molecule has 0 amide bonds. The lowest BCUT2D eigenvalue weighted by molar-refractivity contribution is 0.627. The summed E-state index contributed by atoms with van der Waals surface area (Å²) in [6.45, 7) is 0. The summed E-state index contributed by atoms with van der Waals surface area (Å²) in [6, 6.07) is 26.1. The maximum Gasteiger partial charge on any atom is 0.266 e. The van der Waals surface area contributed by atoms with Gasteiger partial charge in [0.15, 0.2) is 0 Å². The number of hydrogen-bond acceptors (Lipinski definition) is 6. The van der Waals surface area contributed by atoms with E-state index in [1.165, 1.54) is 30.3 Å². The fourth-order valence-corrected chi connectivity index (χ4v) is 4.55. The van der Waals surface area contributed by atoms with Crippen LogP contribution in [0.1, 0.15) is 11.1 Å². The molecule has 0 atom stereocenters. The molecule has 4 heterocycles. The molecule has 7 nitrogen and oxygen atoms in total. The van der Waals surface area contributed by atoms with Crippen molar-refractivity contribution in [3.05, 3.63) is 148 Å². The highest BCUT2D eigenvalue weighted by Crippen LogP contribution is 2.33. The highest BCUT2D eigenvalue weighted by molar-refractivity contribution is 6.30. The Morgan fingerprint density at radius 3 is 1.64 bits per heavy atom. The van der Waals surface area contributed by atoms with Crippen LogP contribution in [0.25, 0.3) is 44.8 Å². The Morgan fingerprint density at radius 1 is 0.636 bits per heavy atom. The van der Waals surface area contributed by atoms with Gasteiger partial charge in [-0.2, -0.15) is 10.5 Å². The quantitative estimate of drug-likeness (QED) is 0.208. The Labute approximate surface area is 255 Å². The van der Waals surface area contributed by atoms with Crippen LogP contribution < -0.4 is 5.56 Å². The van der Waals surface area contributed by atoms with Crippen molar-refractivity contribution in [1.82, 2.24) is 19.9 Å². The zero-order valence-corrected chi connectivity index (χ0v) is 23.4. The Kier molecular flexibility index (Phi) is 8.91. The Bertz CT molecular complexity index is 2070. The van der Waals surface area contributed by atoms with Crippen molar-refractivity contribution < 1.29 is 8.78 Å². The van der Waals surface area contributed by atoms with E-state index in [1.54, 1.807) is 67.3 Å². The fourth-order valence-electron chi connectivity index (χ4n) is 4.37. The van der Waals surface area contributed by atoms with E-state index in [0.29, 0.717) is 28.1 Å². The van der Waals surface area contributed by atoms with E-state index in [9.17, 15) is 13.6 Å². The van der Waals surface area contributed by atoms with Crippen LogP contribution in [0, 0.1) is 34.3 Å². The zero-order chi connectivity index (χ0) is 31.1. The summed E-state index contributed by atoms with van der Waals surface area (Å²) in [5.41, 5.74) is 5.45. The van der Waals surface area contributed by atoms with Gasteiger partial charge in [-0.15, -0.1) is 0 Å². The summed E-state index contributed by atoms with van der Waals surface area (Å²) in [5.74, 6) is -0.681. The summed E-state index contributed by atoms with van der Waals surface area (Å²) < 4.78 is 26.2. The second kappa shape index (κ2) is 13.3. The predicted molar refractivity (Wildman–Crippen MR) is 163 cm³/mol. The smallest absolute Gasteiger partial charge is 0.266 e. The third-order valence-electron chi connectivity index (χ3n) is 6.49. The molecule has 1 N–H and O–H groups in total. The van der Waals surface area contributed by atoms with E-state index in [0.717, 1.165) is 22.3 Å². The number of rotatable bonds is 4. The van der Waals surface area contributed by atoms with Crippen molar-refractivity contribution in [2.45, 2.75) is 0 Å². The highest BCUT2D eigenvalue weighted by atomic mass is 35.5. The molecule has 6 rings (SSSR count). The molecule has 0 unspecified atom stereocenters. The van der Waals surface area contributed by atoms with Crippen LogP contribution in [-0.4, -0.2) is 19.9 Å². The molecule has 6 aromatic rings. The van der Waals surface area contributed by atoms with Crippen molar-refractivity contribution in [3.8, 4) is 56.9 Å². The van der Waals surface area contributed by atoms with E-state index in [4.69, 9.17) is 22.1 Å². The number of benzene rings is 2. The molecule has 10 heteroatoms. The first kappa shape index (κ1) is 29.5. The molecule has 4 aromatic heterocycles. The minimum absolute atomic E-state index is 0.0256. The summed E-state index contributed by atoms with van der Waals surface area (Å²) >= 11 is 6.05. The second-order valence-corrected chi connectivity index (χ2v) is 9.59. The maximum atomic E-state index is 13.1. The van der Waals surface area contributed by atoms with Gasteiger partial charge in [0.1, 0.15) is 34.5 Å². The molecule has 0 radical (unpaired) electrons. The van der Waals surface area contributed by atoms with Gasteiger partial charge in [0.25, 0.3) is 5.56 Å². The first-order valence-electron chi connectivity index (χ1n) is 13.0. The summed E-state index contributed by atoms with van der Waals surface area (Å²) in [5, 5.41) is 18.3. The van der Waals surface area contributed by atoms with Crippen LogP contribution in [0.4, 0.5) is 8.78 Å². The molecule has 0 bridgehead atoms. The molecule has 0 saturated heterocycles. The molecule has 212 valence electrons. The standard InChI is InChI=1S/C17H9ClFN3.C17H10FN3O/c18-17-13(10-20)9-15(11-5-7-21-8-6-11)16(22-17)12-1-3-14(19)4-2-12;18-14-3-1-12(2-4-14)16-15(11-5-7-20-8-6-11)9-13(10-19)17(22)21-16/h1-9H;1-9H,(H,21,22). The fraction of sp³-hybridized carbons (Fsp3) is 0. The molecule has 44 heavy (non-hydrogen) atoms. The predicted octanol–water partition coefficient (Wildman–Crippen LogP) is 7.59. The number of halogens is 3. The van der Waals surface area contributed by atoms with E-state index in [2.05, 4.69) is 19.9 Å². The van der Waals surface area contributed by atoms with Crippen molar-refractivity contribution >= 4 is 11.6 Å². The van der Waals surface area contributed by atoms with Gasteiger partial charge in [0.05, 0.1) is 17.0 Å². The number of aromatic nitrogens is 4. The average Bonchev–Trinajstić information content (AvgIpc) is 3.06. The molecule has 0 aliphatic carbocycles. The number of nitriles is 2. The van der Waals surface area contributed by atoms with Crippen LogP contribution in [-0.2, 0) is 0 Å². The van der Waals surface area contributed by atoms with Gasteiger partial charge >= 0.3 is 0 Å². The minimum atomic E-state index is -0.473. The third kappa shape index (κ3) is 6.55. The molecule has 2 aromatic carbocycles. The largest absolute Gasteiger partial charge is 0.320 e. The number of aromatic amines is 1. The number of H-pyrrole nitrogens is 1. The lowest BCUT2D eigenvalue weighted by Gasteiger charge is -2.11. The van der Waals surface area contributed by atoms with Crippen molar-refractivity contribution in [3.63, 3.8) is 0 Å². The van der Waals surface area contributed by atoms with Crippen LogP contribution in [0.2, 0.25) is 5.15 Å². The van der Waals surface area contributed by atoms with Gasteiger partial charge < -0.3 is 4.98 Å². The summed E-state index contributed by atoms with van der Waals surface area (Å²) in [7, 11) is 0. The number of pyridine rings is 4. The molecule has 0 spiro atoms. The van der Waals surface area contributed by atoms with Gasteiger partial charge in [-0.05, 0) is 102 Å². The lowest BCUT2D eigenvalue weighted by atomic mass is 9.99. The average molecular weight is 601 g/mol. The first-order chi connectivity index (χ1) is 21.4. The van der Waals surface area contributed by atoms with Crippen molar-refractivity contribution in [2.75, 3.05) is 0 Å². The second-order valence-electron chi connectivity index (χ2n) is 9.23. The van der Waals surface area contributed by atoms with Crippen LogP contribution >= 0.6 is 11.6 Å². The molecule has 0 saturated carbocycles. The van der Waals surface area contributed by atoms with E-state index >= 15 is 0 Å². The third-order valence-corrected chi connectivity index (χ3v) is 6.78. The summed E-state index contributed by atoms with van der Waals surface area (Å²) in [4.78, 5) is 26.9. The number of hydrogen-bond donors (Lipinski definition) is 1. The number of nitrogens with one attached hydrogen (secondary N) is 1. The Balaban J connectivity index is 0.000000175. The highest BCUT2D eigenvalue weighted by Gasteiger charge is 2.15. The SMILES string of the molecule is N#Cc1cc(-c2ccncc2)c(-c2ccc(F)cc2)[nH]c1=O.N#Cc1cc(-c2ccncc2)c(-c2ccc(F)cc2)nc1Cl. The topological polar surface area (TPSA) is 119 Å². The summed E-state index contributed by atoms with van der Waals surface area (Å²) in [6.07, 6.45) is 6.57. The van der Waals surface area contributed by atoms with E-state index in [1.807, 2.05) is 24.3 Å².